The minimum atomic E-state index is -0.194. The number of carbonyl (C=O) groups excluding carboxylic acids is 2. The number of rotatable bonds is 11. The largest absolute Gasteiger partial charge is 0.485 e. The van der Waals surface area contributed by atoms with Gasteiger partial charge in [-0.2, -0.15) is 0 Å². The zero-order chi connectivity index (χ0) is 33.1. The highest BCUT2D eigenvalue weighted by atomic mass is 35.5. The van der Waals surface area contributed by atoms with E-state index >= 15 is 0 Å². The van der Waals surface area contributed by atoms with E-state index in [1.165, 1.54) is 0 Å². The van der Waals surface area contributed by atoms with Gasteiger partial charge in [-0.05, 0) is 91.6 Å². The first-order valence-electron chi connectivity index (χ1n) is 16.5. The second-order valence-electron chi connectivity index (χ2n) is 13.0. The van der Waals surface area contributed by atoms with Crippen molar-refractivity contribution in [3.63, 3.8) is 0 Å². The van der Waals surface area contributed by atoms with Crippen molar-refractivity contribution in [2.75, 3.05) is 38.1 Å². The molecular weight excluding hydrogens is 657 g/mol. The van der Waals surface area contributed by atoms with Gasteiger partial charge in [0.15, 0.2) is 5.75 Å². The zero-order valence-corrected chi connectivity index (χ0v) is 29.2. The first-order chi connectivity index (χ1) is 22.7. The van der Waals surface area contributed by atoms with E-state index in [2.05, 4.69) is 27.7 Å². The van der Waals surface area contributed by atoms with Crippen LogP contribution in [0.3, 0.4) is 0 Å². The van der Waals surface area contributed by atoms with Crippen LogP contribution < -0.4 is 20.3 Å². The Morgan fingerprint density at radius 1 is 1.04 bits per heavy atom. The van der Waals surface area contributed by atoms with Gasteiger partial charge in [0.25, 0.3) is 0 Å². The van der Waals surface area contributed by atoms with Crippen molar-refractivity contribution in [1.82, 2.24) is 20.5 Å². The maximum atomic E-state index is 14.3. The van der Waals surface area contributed by atoms with Crippen LogP contribution in [-0.4, -0.2) is 67.1 Å². The summed E-state index contributed by atoms with van der Waals surface area (Å²) in [6.45, 7) is 5.41. The summed E-state index contributed by atoms with van der Waals surface area (Å²) in [4.78, 5) is 35.2. The number of ether oxygens (including phenoxy) is 1. The number of nitrogens with one attached hydrogen (secondary N) is 2. The number of hydrogen-bond donors (Lipinski definition) is 2. The van der Waals surface area contributed by atoms with E-state index in [9.17, 15) is 9.59 Å². The fourth-order valence-corrected chi connectivity index (χ4v) is 7.64. The number of nitrogens with zero attached hydrogens (tertiary/aromatic N) is 3. The van der Waals surface area contributed by atoms with Gasteiger partial charge in [-0.25, -0.2) is 4.98 Å². The van der Waals surface area contributed by atoms with Crippen LogP contribution in [0.4, 0.5) is 5.82 Å². The number of hydrogen-bond acceptors (Lipinski definition) is 6. The lowest BCUT2D eigenvalue weighted by molar-refractivity contribution is -0.138. The molecule has 0 bridgehead atoms. The molecule has 0 radical (unpaired) electrons. The lowest BCUT2D eigenvalue weighted by Gasteiger charge is -2.36. The lowest BCUT2D eigenvalue weighted by atomic mass is 9.80. The Morgan fingerprint density at radius 3 is 2.53 bits per heavy atom. The van der Waals surface area contributed by atoms with Crippen LogP contribution >= 0.6 is 34.8 Å². The number of piperidine rings is 1. The van der Waals surface area contributed by atoms with E-state index in [1.54, 1.807) is 7.05 Å². The van der Waals surface area contributed by atoms with E-state index in [0.717, 1.165) is 66.8 Å². The highest BCUT2D eigenvalue weighted by Crippen LogP contribution is 2.38. The van der Waals surface area contributed by atoms with Gasteiger partial charge < -0.3 is 25.2 Å². The van der Waals surface area contributed by atoms with Gasteiger partial charge in [-0.3, -0.25) is 9.59 Å². The van der Waals surface area contributed by atoms with Gasteiger partial charge in [0.1, 0.15) is 11.9 Å². The Balaban J connectivity index is 1.12. The number of carbonyl (C=O) groups is 2. The number of amides is 2. The second-order valence-corrected chi connectivity index (χ2v) is 14.2. The van der Waals surface area contributed by atoms with Gasteiger partial charge in [0, 0.05) is 56.8 Å². The van der Waals surface area contributed by atoms with Crippen LogP contribution in [-0.2, 0) is 22.6 Å². The van der Waals surface area contributed by atoms with Crippen LogP contribution in [0.2, 0.25) is 15.1 Å². The smallest absolute Gasteiger partial charge is 0.228 e. The third kappa shape index (κ3) is 8.16. The fraction of sp³-hybridized carbons (Fsp3) is 0.472. The summed E-state index contributed by atoms with van der Waals surface area (Å²) in [5, 5.41) is 7.83. The van der Waals surface area contributed by atoms with E-state index in [0.29, 0.717) is 53.3 Å². The molecule has 1 aromatic heterocycles. The molecule has 1 saturated carbocycles. The summed E-state index contributed by atoms with van der Waals surface area (Å²) >= 11 is 19.5. The van der Waals surface area contributed by atoms with Crippen molar-refractivity contribution < 1.29 is 14.3 Å². The normalized spacial score (nSPS) is 21.0. The molecule has 2 amide bonds. The molecule has 2 saturated heterocycles. The molecular formula is C36H42Cl3N5O3. The van der Waals surface area contributed by atoms with Gasteiger partial charge >= 0.3 is 0 Å². The van der Waals surface area contributed by atoms with E-state index in [4.69, 9.17) is 44.5 Å². The Kier molecular flexibility index (Phi) is 10.8. The summed E-state index contributed by atoms with van der Waals surface area (Å²) in [5.74, 6) is 1.47. The number of aryl methyl sites for hydroxylation is 2. The Hall–Kier alpha value is -3.04. The molecule has 1 aliphatic carbocycles. The predicted octanol–water partition coefficient (Wildman–Crippen LogP) is 6.57. The molecule has 47 heavy (non-hydrogen) atoms. The average molecular weight is 699 g/mol. The maximum Gasteiger partial charge on any atom is 0.228 e. The molecule has 0 spiro atoms. The number of anilines is 1. The highest BCUT2D eigenvalue weighted by Gasteiger charge is 2.40. The van der Waals surface area contributed by atoms with Gasteiger partial charge in [-0.15, -0.1) is 0 Å². The molecule has 3 aromatic rings. The van der Waals surface area contributed by atoms with Crippen molar-refractivity contribution in [3.8, 4) is 5.75 Å². The molecule has 2 aliphatic heterocycles. The van der Waals surface area contributed by atoms with Crippen LogP contribution in [0.1, 0.15) is 60.3 Å². The summed E-state index contributed by atoms with van der Waals surface area (Å²) in [5.41, 5.74) is 4.04. The molecule has 8 nitrogen and oxygen atoms in total. The van der Waals surface area contributed by atoms with Crippen molar-refractivity contribution in [1.29, 1.82) is 0 Å². The lowest BCUT2D eigenvalue weighted by Crippen LogP contribution is -2.47. The quantitative estimate of drug-likeness (QED) is 0.236. The van der Waals surface area contributed by atoms with Crippen LogP contribution in [0.5, 0.6) is 5.75 Å². The minimum Gasteiger partial charge on any atom is -0.485 e. The third-order valence-electron chi connectivity index (χ3n) is 9.54. The molecule has 250 valence electrons. The van der Waals surface area contributed by atoms with Crippen molar-refractivity contribution >= 4 is 52.4 Å². The average Bonchev–Trinajstić information content (AvgIpc) is 3.81. The monoisotopic (exact) mass is 697 g/mol. The molecule has 11 heteroatoms. The van der Waals surface area contributed by atoms with E-state index in [1.807, 2.05) is 48.4 Å². The Morgan fingerprint density at radius 2 is 1.83 bits per heavy atom. The van der Waals surface area contributed by atoms with Gasteiger partial charge in [0.05, 0.1) is 22.5 Å². The number of aromatic nitrogens is 1. The molecule has 3 atom stereocenters. The molecule has 6 rings (SSSR count). The number of halogens is 3. The van der Waals surface area contributed by atoms with Gasteiger partial charge in [0.2, 0.25) is 11.8 Å². The molecule has 0 unspecified atom stereocenters. The molecule has 3 aliphatic rings. The predicted molar refractivity (Wildman–Crippen MR) is 188 cm³/mol. The Labute approximate surface area is 292 Å². The first kappa shape index (κ1) is 33.8. The molecule has 2 aromatic carbocycles. The summed E-state index contributed by atoms with van der Waals surface area (Å²) in [6, 6.07) is 14.0. The molecule has 3 heterocycles. The van der Waals surface area contributed by atoms with Crippen molar-refractivity contribution in [2.45, 2.75) is 70.1 Å². The standard InChI is InChI=1S/C36H42Cl3N5O3/c1-22-15-31(38)35(32(39)16-22)47-27-12-14-43(21-27)33-9-5-24(18-42-33)28-11-13-41-19-29(28)36(46)44(26-6-7-26)20-25-17-23(3-8-30(25)37)4-10-34(45)40-2/h3,5,8-9,15-18,26-29,41H,4,6-7,10-14,19-21H2,1-2H3,(H,40,45)/t27-,28-,29+/m1/s1. The topological polar surface area (TPSA) is 86.8 Å². The van der Waals surface area contributed by atoms with Crippen LogP contribution in [0, 0.1) is 12.8 Å². The zero-order valence-electron chi connectivity index (χ0n) is 26.9. The number of benzene rings is 2. The minimum absolute atomic E-state index is 0.00197. The third-order valence-corrected chi connectivity index (χ3v) is 10.5. The van der Waals surface area contributed by atoms with Crippen molar-refractivity contribution in [2.24, 2.45) is 5.92 Å². The summed E-state index contributed by atoms with van der Waals surface area (Å²) in [6.07, 6.45) is 6.65. The van der Waals surface area contributed by atoms with Crippen LogP contribution in [0.15, 0.2) is 48.7 Å². The second kappa shape index (κ2) is 15.0. The SMILES string of the molecule is CNC(=O)CCc1ccc(Cl)c(CN(C(=O)[C@H]2CNCC[C@@H]2c2ccc(N3CC[C@@H](Oc4c(Cl)cc(C)cc4Cl)C3)nc2)C2CC2)c1. The van der Waals surface area contributed by atoms with Crippen LogP contribution in [0.25, 0.3) is 0 Å². The molecule has 3 fully saturated rings. The first-order valence-corrected chi connectivity index (χ1v) is 17.7. The molecule has 2 N–H and O–H groups in total. The highest BCUT2D eigenvalue weighted by molar-refractivity contribution is 6.37. The Bertz CT molecular complexity index is 1580. The number of pyridine rings is 1. The van der Waals surface area contributed by atoms with E-state index in [-0.39, 0.29) is 35.8 Å². The maximum absolute atomic E-state index is 14.3. The summed E-state index contributed by atoms with van der Waals surface area (Å²) < 4.78 is 6.23. The fourth-order valence-electron chi connectivity index (χ4n) is 6.78. The van der Waals surface area contributed by atoms with Gasteiger partial charge in [-0.1, -0.05) is 53.0 Å². The summed E-state index contributed by atoms with van der Waals surface area (Å²) in [7, 11) is 1.65. The van der Waals surface area contributed by atoms with Crippen molar-refractivity contribution in [3.05, 3.63) is 86.0 Å². The van der Waals surface area contributed by atoms with E-state index < -0.39 is 0 Å².